The number of carbonyl (C=O) groups is 3. The van der Waals surface area contributed by atoms with E-state index in [1.165, 1.54) is 0 Å². The van der Waals surface area contributed by atoms with Gasteiger partial charge >= 0.3 is 0 Å². The van der Waals surface area contributed by atoms with Crippen LogP contribution in [0.3, 0.4) is 0 Å². The van der Waals surface area contributed by atoms with E-state index in [1.807, 2.05) is 24.3 Å². The molecule has 6 nitrogen and oxygen atoms in total. The first-order valence-electron chi connectivity index (χ1n) is 8.73. The number of ketones is 1. The molecule has 1 aromatic rings. The molecule has 1 N–H and O–H groups in total. The number of imide groups is 1. The van der Waals surface area contributed by atoms with E-state index in [0.29, 0.717) is 24.4 Å². The third-order valence-corrected chi connectivity index (χ3v) is 5.23. The van der Waals surface area contributed by atoms with Gasteiger partial charge in [-0.25, -0.2) is 0 Å². The zero-order valence-corrected chi connectivity index (χ0v) is 15.8. The van der Waals surface area contributed by atoms with Crippen molar-refractivity contribution in [2.45, 2.75) is 25.0 Å². The van der Waals surface area contributed by atoms with Crippen LogP contribution >= 0.6 is 11.8 Å². The Hall–Kier alpha value is -2.67. The lowest BCUT2D eigenvalue weighted by Gasteiger charge is -2.08. The summed E-state index contributed by atoms with van der Waals surface area (Å²) in [6, 6.07) is 7.17. The van der Waals surface area contributed by atoms with E-state index in [1.54, 1.807) is 18.2 Å². The predicted molar refractivity (Wildman–Crippen MR) is 105 cm³/mol. The van der Waals surface area contributed by atoms with Gasteiger partial charge in [0.15, 0.2) is 6.61 Å². The Bertz CT molecular complexity index is 840. The molecule has 27 heavy (non-hydrogen) atoms. The first kappa shape index (κ1) is 19.1. The Kier molecular flexibility index (Phi) is 6.24. The van der Waals surface area contributed by atoms with Crippen LogP contribution in [0.15, 0.2) is 53.1 Å². The standard InChI is InChI=1S/C20H20N2O4S/c1-2-13-5-8-16(21-10-9-13)17(23)12-26-15-6-3-14(4-7-15)11-18-19(24)22-20(25)27-18/h3-9,18H,2,10-12H2,1H3,(H,22,24,25). The second kappa shape index (κ2) is 8.81. The fourth-order valence-corrected chi connectivity index (χ4v) is 3.56. The molecular weight excluding hydrogens is 364 g/mol. The number of allylic oxidation sites excluding steroid dienone is 3. The van der Waals surface area contributed by atoms with Crippen LogP contribution in [0.25, 0.3) is 0 Å². The highest BCUT2D eigenvalue weighted by Crippen LogP contribution is 2.23. The molecule has 1 aromatic carbocycles. The lowest BCUT2D eigenvalue weighted by Crippen LogP contribution is -2.25. The van der Waals surface area contributed by atoms with E-state index >= 15 is 0 Å². The number of amides is 2. The zero-order chi connectivity index (χ0) is 19.2. The number of Topliss-reactive ketones (excluding diaryl/α,β-unsaturated/α-hetero) is 1. The van der Waals surface area contributed by atoms with Crippen LogP contribution < -0.4 is 10.1 Å². The number of nitrogens with one attached hydrogen (secondary N) is 1. The first-order valence-corrected chi connectivity index (χ1v) is 9.61. The van der Waals surface area contributed by atoms with E-state index in [2.05, 4.69) is 17.2 Å². The number of hydrogen-bond acceptors (Lipinski definition) is 6. The summed E-state index contributed by atoms with van der Waals surface area (Å²) in [7, 11) is 0. The van der Waals surface area contributed by atoms with Crippen LogP contribution in [0.5, 0.6) is 5.75 Å². The number of thioether (sulfide) groups is 1. The average molecular weight is 384 g/mol. The number of benzene rings is 1. The molecule has 2 aliphatic heterocycles. The molecule has 3 rings (SSSR count). The summed E-state index contributed by atoms with van der Waals surface area (Å²) in [5.74, 6) is 0.143. The van der Waals surface area contributed by atoms with Gasteiger partial charge < -0.3 is 4.74 Å². The molecular formula is C20H20N2O4S. The van der Waals surface area contributed by atoms with Crippen molar-refractivity contribution >= 4 is 34.4 Å². The van der Waals surface area contributed by atoms with Crippen molar-refractivity contribution < 1.29 is 19.1 Å². The van der Waals surface area contributed by atoms with E-state index in [4.69, 9.17) is 4.74 Å². The molecule has 140 valence electrons. The van der Waals surface area contributed by atoms with Crippen molar-refractivity contribution in [2.24, 2.45) is 4.99 Å². The van der Waals surface area contributed by atoms with Crippen molar-refractivity contribution in [3.05, 3.63) is 53.6 Å². The molecule has 1 unspecified atom stereocenters. The maximum Gasteiger partial charge on any atom is 0.286 e. The molecule has 0 bridgehead atoms. The fourth-order valence-electron chi connectivity index (χ4n) is 2.70. The van der Waals surface area contributed by atoms with E-state index in [-0.39, 0.29) is 23.5 Å². The summed E-state index contributed by atoms with van der Waals surface area (Å²) in [6.07, 6.45) is 7.04. The molecule has 2 heterocycles. The van der Waals surface area contributed by atoms with Gasteiger partial charge in [0, 0.05) is 0 Å². The fraction of sp³-hybridized carbons (Fsp3) is 0.300. The lowest BCUT2D eigenvalue weighted by atomic mass is 10.1. The minimum absolute atomic E-state index is 0.0840. The highest BCUT2D eigenvalue weighted by atomic mass is 32.2. The van der Waals surface area contributed by atoms with Crippen LogP contribution in [0.1, 0.15) is 18.9 Å². The lowest BCUT2D eigenvalue weighted by molar-refractivity contribution is -0.119. The van der Waals surface area contributed by atoms with Crippen LogP contribution in [-0.2, 0) is 16.0 Å². The third-order valence-electron chi connectivity index (χ3n) is 4.25. The van der Waals surface area contributed by atoms with Gasteiger partial charge in [-0.15, -0.1) is 0 Å². The predicted octanol–water partition coefficient (Wildman–Crippen LogP) is 2.88. The van der Waals surface area contributed by atoms with Crippen molar-refractivity contribution in [1.29, 1.82) is 0 Å². The number of aliphatic imine (C=N–C) groups is 1. The van der Waals surface area contributed by atoms with Gasteiger partial charge in [-0.05, 0) is 36.6 Å². The summed E-state index contributed by atoms with van der Waals surface area (Å²) in [5.41, 5.74) is 2.50. The number of carbonyl (C=O) groups excluding carboxylic acids is 3. The number of rotatable bonds is 7. The van der Waals surface area contributed by atoms with Crippen LogP contribution in [0.2, 0.25) is 0 Å². The molecule has 1 saturated heterocycles. The molecule has 2 amide bonds. The van der Waals surface area contributed by atoms with Gasteiger partial charge in [0.2, 0.25) is 11.7 Å². The average Bonchev–Trinajstić information content (AvgIpc) is 2.86. The van der Waals surface area contributed by atoms with Crippen molar-refractivity contribution in [1.82, 2.24) is 5.32 Å². The van der Waals surface area contributed by atoms with E-state index in [0.717, 1.165) is 29.3 Å². The van der Waals surface area contributed by atoms with E-state index in [9.17, 15) is 14.4 Å². The molecule has 2 aliphatic rings. The Morgan fingerprint density at radius 3 is 2.70 bits per heavy atom. The topological polar surface area (TPSA) is 84.8 Å². The molecule has 0 aromatic heterocycles. The smallest absolute Gasteiger partial charge is 0.286 e. The first-order chi connectivity index (χ1) is 13.0. The Balaban J connectivity index is 1.51. The highest BCUT2D eigenvalue weighted by molar-refractivity contribution is 8.15. The van der Waals surface area contributed by atoms with Crippen molar-refractivity contribution in [3.63, 3.8) is 0 Å². The Morgan fingerprint density at radius 1 is 1.26 bits per heavy atom. The quantitative estimate of drug-likeness (QED) is 0.781. The number of hydrogen-bond donors (Lipinski definition) is 1. The van der Waals surface area contributed by atoms with Crippen LogP contribution in [-0.4, -0.2) is 41.0 Å². The van der Waals surface area contributed by atoms with Gasteiger partial charge in [-0.2, -0.15) is 0 Å². The van der Waals surface area contributed by atoms with Gasteiger partial charge in [-0.3, -0.25) is 24.7 Å². The summed E-state index contributed by atoms with van der Waals surface area (Å²) < 4.78 is 5.56. The molecule has 7 heteroatoms. The minimum Gasteiger partial charge on any atom is -0.485 e. The Morgan fingerprint density at radius 2 is 2.04 bits per heavy atom. The molecule has 0 aliphatic carbocycles. The van der Waals surface area contributed by atoms with Crippen LogP contribution in [0.4, 0.5) is 4.79 Å². The highest BCUT2D eigenvalue weighted by Gasteiger charge is 2.31. The van der Waals surface area contributed by atoms with Crippen LogP contribution in [0, 0.1) is 0 Å². The number of nitrogens with zero attached hydrogens (tertiary/aromatic N) is 1. The monoisotopic (exact) mass is 384 g/mol. The Labute approximate surface area is 161 Å². The molecule has 0 spiro atoms. The summed E-state index contributed by atoms with van der Waals surface area (Å²) in [5, 5.41) is 1.57. The minimum atomic E-state index is -0.396. The maximum atomic E-state index is 12.3. The molecule has 0 saturated carbocycles. The molecule has 1 fully saturated rings. The van der Waals surface area contributed by atoms with E-state index < -0.39 is 5.25 Å². The van der Waals surface area contributed by atoms with Crippen molar-refractivity contribution in [3.8, 4) is 5.75 Å². The zero-order valence-electron chi connectivity index (χ0n) is 14.9. The van der Waals surface area contributed by atoms with Gasteiger partial charge in [0.05, 0.1) is 11.8 Å². The summed E-state index contributed by atoms with van der Waals surface area (Å²) in [6.45, 7) is 2.48. The van der Waals surface area contributed by atoms with Gasteiger partial charge in [-0.1, -0.05) is 48.5 Å². The second-order valence-electron chi connectivity index (χ2n) is 6.13. The van der Waals surface area contributed by atoms with Gasteiger partial charge in [0.1, 0.15) is 11.5 Å². The normalized spacial score (nSPS) is 19.2. The summed E-state index contributed by atoms with van der Waals surface area (Å²) in [4.78, 5) is 39.4. The van der Waals surface area contributed by atoms with Gasteiger partial charge in [0.25, 0.3) is 5.24 Å². The summed E-state index contributed by atoms with van der Waals surface area (Å²) >= 11 is 1.01. The largest absolute Gasteiger partial charge is 0.485 e. The second-order valence-corrected chi connectivity index (χ2v) is 7.31. The third kappa shape index (κ3) is 5.17. The number of ether oxygens (including phenoxy) is 1. The SMILES string of the molecule is CCC1=CCN=C(C(=O)COc2ccc(CC3SC(=O)NC3=O)cc2)C=C1. The van der Waals surface area contributed by atoms with Crippen molar-refractivity contribution in [2.75, 3.05) is 13.2 Å². The maximum absolute atomic E-state index is 12.3. The molecule has 1 atom stereocenters. The molecule has 0 radical (unpaired) electrons.